The second-order valence-corrected chi connectivity index (χ2v) is 5.72. The number of nitrogens with one attached hydrogen (secondary N) is 1. The summed E-state index contributed by atoms with van der Waals surface area (Å²) in [6.07, 6.45) is 2.80. The molecule has 0 bridgehead atoms. The minimum Gasteiger partial charge on any atom is -0.490 e. The molecule has 1 aromatic carbocycles. The van der Waals surface area contributed by atoms with E-state index >= 15 is 0 Å². The van der Waals surface area contributed by atoms with Crippen LogP contribution in [-0.2, 0) is 19.5 Å². The van der Waals surface area contributed by atoms with Crippen molar-refractivity contribution in [2.45, 2.75) is 46.4 Å². The zero-order valence-corrected chi connectivity index (χ0v) is 13.2. The number of carbonyl (C=O) groups is 1. The fourth-order valence-corrected chi connectivity index (χ4v) is 2.85. The zero-order valence-electron chi connectivity index (χ0n) is 13.2. The monoisotopic (exact) mass is 299 g/mol. The van der Waals surface area contributed by atoms with Crippen molar-refractivity contribution in [3.8, 4) is 5.75 Å². The van der Waals surface area contributed by atoms with E-state index in [1.54, 1.807) is 6.20 Å². The van der Waals surface area contributed by atoms with Crippen molar-refractivity contribution in [2.75, 3.05) is 0 Å². The molecule has 0 saturated heterocycles. The van der Waals surface area contributed by atoms with Gasteiger partial charge in [-0.1, -0.05) is 12.1 Å². The van der Waals surface area contributed by atoms with Gasteiger partial charge in [0.25, 0.3) is 5.91 Å². The van der Waals surface area contributed by atoms with Crippen molar-refractivity contribution in [1.29, 1.82) is 0 Å². The van der Waals surface area contributed by atoms with E-state index in [1.165, 1.54) is 5.56 Å². The van der Waals surface area contributed by atoms with Crippen molar-refractivity contribution < 1.29 is 9.53 Å². The molecule has 1 N–H and O–H groups in total. The summed E-state index contributed by atoms with van der Waals surface area (Å²) in [4.78, 5) is 12.3. The first-order chi connectivity index (χ1) is 10.6. The molecule has 5 nitrogen and oxygen atoms in total. The smallest absolute Gasteiger partial charge is 0.255 e. The molecule has 1 aromatic heterocycles. The van der Waals surface area contributed by atoms with Crippen LogP contribution >= 0.6 is 0 Å². The predicted octanol–water partition coefficient (Wildman–Crippen LogP) is 2.46. The van der Waals surface area contributed by atoms with Gasteiger partial charge in [0.15, 0.2) is 0 Å². The van der Waals surface area contributed by atoms with E-state index in [-0.39, 0.29) is 12.0 Å². The third kappa shape index (κ3) is 2.71. The first kappa shape index (κ1) is 14.6. The molecule has 2 aromatic rings. The summed E-state index contributed by atoms with van der Waals surface area (Å²) >= 11 is 0. The first-order valence-electron chi connectivity index (χ1n) is 7.67. The van der Waals surface area contributed by atoms with Gasteiger partial charge < -0.3 is 10.1 Å². The van der Waals surface area contributed by atoms with E-state index in [2.05, 4.69) is 23.4 Å². The quantitative estimate of drug-likeness (QED) is 0.943. The summed E-state index contributed by atoms with van der Waals surface area (Å²) in [7, 11) is 0. The van der Waals surface area contributed by atoms with Gasteiger partial charge in [0, 0.05) is 25.2 Å². The Morgan fingerprint density at radius 1 is 1.50 bits per heavy atom. The van der Waals surface area contributed by atoms with Crippen LogP contribution in [-0.4, -0.2) is 21.8 Å². The summed E-state index contributed by atoms with van der Waals surface area (Å²) in [5.41, 5.74) is 3.84. The molecule has 116 valence electrons. The summed E-state index contributed by atoms with van der Waals surface area (Å²) in [6, 6.07) is 6.10. The maximum Gasteiger partial charge on any atom is 0.255 e. The second kappa shape index (κ2) is 5.83. The number of amides is 1. The van der Waals surface area contributed by atoms with Crippen LogP contribution in [0.3, 0.4) is 0 Å². The average molecular weight is 299 g/mol. The molecule has 5 heteroatoms. The highest BCUT2D eigenvalue weighted by atomic mass is 16.5. The fourth-order valence-electron chi connectivity index (χ4n) is 2.85. The molecule has 0 unspecified atom stereocenters. The summed E-state index contributed by atoms with van der Waals surface area (Å²) in [5, 5.41) is 7.17. The molecule has 0 fully saturated rings. The third-order valence-electron chi connectivity index (χ3n) is 4.06. The molecular weight excluding hydrogens is 278 g/mol. The Kier molecular flexibility index (Phi) is 3.88. The van der Waals surface area contributed by atoms with E-state index < -0.39 is 0 Å². The maximum absolute atomic E-state index is 12.3. The molecule has 0 aliphatic carbocycles. The van der Waals surface area contributed by atoms with Gasteiger partial charge in [0.1, 0.15) is 11.9 Å². The second-order valence-electron chi connectivity index (χ2n) is 5.72. The van der Waals surface area contributed by atoms with Crippen molar-refractivity contribution in [3.63, 3.8) is 0 Å². The molecule has 22 heavy (non-hydrogen) atoms. The molecule has 1 aliphatic rings. The molecule has 0 spiro atoms. The van der Waals surface area contributed by atoms with Crippen LogP contribution in [0.25, 0.3) is 0 Å². The van der Waals surface area contributed by atoms with E-state index in [1.807, 2.05) is 30.7 Å². The lowest BCUT2D eigenvalue weighted by atomic mass is 10.1. The lowest BCUT2D eigenvalue weighted by Gasteiger charge is -2.07. The minimum absolute atomic E-state index is 0.0812. The number of benzene rings is 1. The van der Waals surface area contributed by atoms with Gasteiger partial charge in [-0.05, 0) is 38.0 Å². The predicted molar refractivity (Wildman–Crippen MR) is 84.0 cm³/mol. The fraction of sp³-hybridized carbons (Fsp3) is 0.412. The van der Waals surface area contributed by atoms with Gasteiger partial charge in [-0.15, -0.1) is 0 Å². The minimum atomic E-state index is -0.0812. The molecule has 2 heterocycles. The molecule has 0 saturated carbocycles. The largest absolute Gasteiger partial charge is 0.490 e. The Hall–Kier alpha value is -2.30. The van der Waals surface area contributed by atoms with E-state index in [0.717, 1.165) is 30.0 Å². The van der Waals surface area contributed by atoms with E-state index in [9.17, 15) is 4.79 Å². The number of fused-ring (bicyclic) bond motifs is 1. The van der Waals surface area contributed by atoms with Crippen molar-refractivity contribution >= 4 is 5.91 Å². The van der Waals surface area contributed by atoms with Crippen LogP contribution in [0.5, 0.6) is 5.75 Å². The maximum atomic E-state index is 12.3. The number of aryl methyl sites for hydroxylation is 1. The zero-order chi connectivity index (χ0) is 15.7. The lowest BCUT2D eigenvalue weighted by Crippen LogP contribution is -2.23. The Morgan fingerprint density at radius 3 is 3.05 bits per heavy atom. The van der Waals surface area contributed by atoms with Crippen LogP contribution in [0, 0.1) is 6.92 Å². The number of ether oxygens (including phenoxy) is 1. The Labute approximate surface area is 130 Å². The van der Waals surface area contributed by atoms with Gasteiger partial charge in [-0.3, -0.25) is 9.48 Å². The highest BCUT2D eigenvalue weighted by molar-refractivity contribution is 5.94. The summed E-state index contributed by atoms with van der Waals surface area (Å²) in [6.45, 7) is 7.27. The van der Waals surface area contributed by atoms with E-state index in [0.29, 0.717) is 12.1 Å². The summed E-state index contributed by atoms with van der Waals surface area (Å²) in [5.74, 6) is 0.880. The highest BCUT2D eigenvalue weighted by Crippen LogP contribution is 2.29. The molecule has 1 aliphatic heterocycles. The van der Waals surface area contributed by atoms with Crippen LogP contribution in [0.15, 0.2) is 24.4 Å². The van der Waals surface area contributed by atoms with Crippen LogP contribution in [0.4, 0.5) is 0 Å². The van der Waals surface area contributed by atoms with Crippen LogP contribution < -0.4 is 10.1 Å². The number of nitrogens with zero attached hydrogens (tertiary/aromatic N) is 2. The van der Waals surface area contributed by atoms with Crippen molar-refractivity contribution in [2.24, 2.45) is 0 Å². The van der Waals surface area contributed by atoms with Crippen LogP contribution in [0.1, 0.15) is 41.0 Å². The SMILES string of the molecule is CCn1ncc(C(=O)NCc2ccc3c(c2)C[C@@H](C)O3)c1C. The van der Waals surface area contributed by atoms with Gasteiger partial charge in [-0.25, -0.2) is 0 Å². The normalized spacial score (nSPS) is 16.2. The molecule has 3 rings (SSSR count). The highest BCUT2D eigenvalue weighted by Gasteiger charge is 2.19. The number of hydrogen-bond donors (Lipinski definition) is 1. The number of aromatic nitrogens is 2. The number of rotatable bonds is 4. The first-order valence-corrected chi connectivity index (χ1v) is 7.67. The number of carbonyl (C=O) groups excluding carboxylic acids is 1. The number of hydrogen-bond acceptors (Lipinski definition) is 3. The molecule has 0 radical (unpaired) electrons. The molecular formula is C17H21N3O2. The lowest BCUT2D eigenvalue weighted by molar-refractivity contribution is 0.0950. The van der Waals surface area contributed by atoms with Crippen molar-refractivity contribution in [1.82, 2.24) is 15.1 Å². The average Bonchev–Trinajstić information content (AvgIpc) is 3.05. The van der Waals surface area contributed by atoms with Gasteiger partial charge >= 0.3 is 0 Å². The Morgan fingerprint density at radius 2 is 2.32 bits per heavy atom. The van der Waals surface area contributed by atoms with Crippen molar-refractivity contribution in [3.05, 3.63) is 46.8 Å². The molecule has 1 atom stereocenters. The van der Waals surface area contributed by atoms with Gasteiger partial charge in [-0.2, -0.15) is 5.10 Å². The van der Waals surface area contributed by atoms with E-state index in [4.69, 9.17) is 4.74 Å². The van der Waals surface area contributed by atoms with Crippen LogP contribution in [0.2, 0.25) is 0 Å². The Balaban J connectivity index is 1.66. The molecule has 1 amide bonds. The van der Waals surface area contributed by atoms with Gasteiger partial charge in [0.2, 0.25) is 0 Å². The van der Waals surface area contributed by atoms with Gasteiger partial charge in [0.05, 0.1) is 11.8 Å². The topological polar surface area (TPSA) is 56.2 Å². The summed E-state index contributed by atoms with van der Waals surface area (Å²) < 4.78 is 7.51. The Bertz CT molecular complexity index is 706. The standard InChI is InChI=1S/C17H21N3O2/c1-4-20-12(3)15(10-19-20)17(21)18-9-13-5-6-16-14(8-13)7-11(2)22-16/h5-6,8,10-11H,4,7,9H2,1-3H3,(H,18,21)/t11-/m1/s1. The third-order valence-corrected chi connectivity index (χ3v) is 4.06.